The van der Waals surface area contributed by atoms with Crippen LogP contribution in [-0.2, 0) is 6.42 Å². The molecule has 5 heteroatoms. The number of benzene rings is 3. The second kappa shape index (κ2) is 10.8. The molecule has 0 saturated carbocycles. The van der Waals surface area contributed by atoms with Gasteiger partial charge in [-0.2, -0.15) is 5.10 Å². The number of hydrogen-bond acceptors (Lipinski definition) is 3. The molecule has 2 N–H and O–H groups in total. The third-order valence-corrected chi connectivity index (χ3v) is 4.62. The largest absolute Gasteiger partial charge is 0.506 e. The number of hydrogen-bond donors (Lipinski definition) is 2. The molecule has 0 aliphatic heterocycles. The van der Waals surface area contributed by atoms with Gasteiger partial charge in [0.2, 0.25) is 0 Å². The maximum atomic E-state index is 12.1. The van der Waals surface area contributed by atoms with Crippen LogP contribution in [0.25, 0.3) is 0 Å². The summed E-state index contributed by atoms with van der Waals surface area (Å²) in [6, 6.07) is 22.2. The minimum absolute atomic E-state index is 0.0743. The summed E-state index contributed by atoms with van der Waals surface area (Å²) in [5.41, 5.74) is 5.81. The lowest BCUT2D eigenvalue weighted by Gasteiger charge is -2.02. The normalized spacial score (nSPS) is 10.4. The van der Waals surface area contributed by atoms with Crippen LogP contribution in [0.2, 0.25) is 5.02 Å². The van der Waals surface area contributed by atoms with Crippen molar-refractivity contribution < 1.29 is 9.90 Å². The lowest BCUT2D eigenvalue weighted by Crippen LogP contribution is -2.17. The van der Waals surface area contributed by atoms with Gasteiger partial charge in [-0.25, -0.2) is 5.43 Å². The van der Waals surface area contributed by atoms with Crippen LogP contribution in [0.5, 0.6) is 5.75 Å². The van der Waals surface area contributed by atoms with Crippen molar-refractivity contribution in [1.82, 2.24) is 5.43 Å². The Hall–Kier alpha value is -3.55. The zero-order valence-electron chi connectivity index (χ0n) is 16.3. The zero-order chi connectivity index (χ0) is 21.2. The molecule has 0 atom stereocenters. The number of phenols is 1. The van der Waals surface area contributed by atoms with E-state index in [1.807, 2.05) is 30.3 Å². The van der Waals surface area contributed by atoms with Crippen molar-refractivity contribution in [1.29, 1.82) is 0 Å². The highest BCUT2D eigenvalue weighted by Gasteiger charge is 2.07. The first-order chi connectivity index (χ1) is 14.6. The van der Waals surface area contributed by atoms with Crippen molar-refractivity contribution in [2.45, 2.75) is 19.3 Å². The molecule has 0 radical (unpaired) electrons. The summed E-state index contributed by atoms with van der Waals surface area (Å²) in [5, 5.41) is 13.5. The number of aryl methyl sites for hydroxylation is 1. The van der Waals surface area contributed by atoms with E-state index >= 15 is 0 Å². The number of unbranched alkanes of at least 4 members (excludes halogenated alkanes) is 1. The Labute approximate surface area is 181 Å². The SMILES string of the molecule is O=C(N/N=C/c1cccc(C#CCCCc2ccccc2)c1)c1ccc(O)c(Cl)c1. The second-order valence-electron chi connectivity index (χ2n) is 6.63. The lowest BCUT2D eigenvalue weighted by atomic mass is 10.1. The number of carbonyl (C=O) groups excluding carboxylic acids is 1. The molecule has 3 aromatic rings. The van der Waals surface area contributed by atoms with E-state index in [4.69, 9.17) is 11.6 Å². The van der Waals surface area contributed by atoms with Crippen LogP contribution in [0.4, 0.5) is 0 Å². The van der Waals surface area contributed by atoms with Gasteiger partial charge in [-0.05, 0) is 54.3 Å². The van der Waals surface area contributed by atoms with E-state index in [0.717, 1.165) is 30.4 Å². The Morgan fingerprint density at radius 1 is 1.07 bits per heavy atom. The van der Waals surface area contributed by atoms with Crippen LogP contribution < -0.4 is 5.43 Å². The highest BCUT2D eigenvalue weighted by Crippen LogP contribution is 2.23. The van der Waals surface area contributed by atoms with E-state index in [9.17, 15) is 9.90 Å². The highest BCUT2D eigenvalue weighted by molar-refractivity contribution is 6.32. The van der Waals surface area contributed by atoms with Crippen molar-refractivity contribution in [3.8, 4) is 17.6 Å². The summed E-state index contributed by atoms with van der Waals surface area (Å²) in [6.07, 6.45) is 4.43. The predicted octanol–water partition coefficient (Wildman–Crippen LogP) is 5.18. The fraction of sp³-hybridized carbons (Fsp3) is 0.120. The molecule has 0 spiro atoms. The summed E-state index contributed by atoms with van der Waals surface area (Å²) in [5.74, 6) is 5.89. The molecular formula is C25H21ClN2O2. The van der Waals surface area contributed by atoms with Crippen LogP contribution >= 0.6 is 11.6 Å². The van der Waals surface area contributed by atoms with E-state index in [1.54, 1.807) is 6.21 Å². The molecule has 150 valence electrons. The van der Waals surface area contributed by atoms with Gasteiger partial charge in [-0.1, -0.05) is 65.9 Å². The van der Waals surface area contributed by atoms with Gasteiger partial charge in [0.15, 0.2) is 0 Å². The number of halogens is 1. The smallest absolute Gasteiger partial charge is 0.271 e. The van der Waals surface area contributed by atoms with Gasteiger partial charge < -0.3 is 5.11 Å². The van der Waals surface area contributed by atoms with Crippen molar-refractivity contribution in [2.75, 3.05) is 0 Å². The number of nitrogens with zero attached hydrogens (tertiary/aromatic N) is 1. The molecule has 0 aliphatic carbocycles. The van der Waals surface area contributed by atoms with Gasteiger partial charge in [0.05, 0.1) is 11.2 Å². The first-order valence-electron chi connectivity index (χ1n) is 9.56. The summed E-state index contributed by atoms with van der Waals surface area (Å²) < 4.78 is 0. The summed E-state index contributed by atoms with van der Waals surface area (Å²) in [6.45, 7) is 0. The second-order valence-corrected chi connectivity index (χ2v) is 7.04. The molecule has 0 bridgehead atoms. The van der Waals surface area contributed by atoms with Crippen LogP contribution in [0.1, 0.15) is 39.9 Å². The predicted molar refractivity (Wildman–Crippen MR) is 121 cm³/mol. The lowest BCUT2D eigenvalue weighted by molar-refractivity contribution is 0.0955. The van der Waals surface area contributed by atoms with Crippen LogP contribution in [0, 0.1) is 11.8 Å². The molecule has 0 aromatic heterocycles. The molecule has 3 rings (SSSR count). The number of aromatic hydroxyl groups is 1. The molecule has 3 aromatic carbocycles. The van der Waals surface area contributed by atoms with Gasteiger partial charge in [0.1, 0.15) is 5.75 Å². The molecule has 0 aliphatic rings. The quantitative estimate of drug-likeness (QED) is 0.251. The summed E-state index contributed by atoms with van der Waals surface area (Å²) in [4.78, 5) is 12.1. The first kappa shape index (κ1) is 21.2. The van der Waals surface area contributed by atoms with Crippen LogP contribution in [0.3, 0.4) is 0 Å². The number of phenolic OH excluding ortho intramolecular Hbond substituents is 1. The van der Waals surface area contributed by atoms with E-state index in [-0.39, 0.29) is 10.8 Å². The van der Waals surface area contributed by atoms with Crippen molar-refractivity contribution in [3.05, 3.63) is 100 Å². The van der Waals surface area contributed by atoms with Crippen LogP contribution in [-0.4, -0.2) is 17.2 Å². The number of hydrazone groups is 1. The zero-order valence-corrected chi connectivity index (χ0v) is 17.1. The Morgan fingerprint density at radius 2 is 1.90 bits per heavy atom. The van der Waals surface area contributed by atoms with Gasteiger partial charge in [0, 0.05) is 17.5 Å². The molecule has 0 unspecified atom stereocenters. The molecular weight excluding hydrogens is 396 g/mol. The first-order valence-corrected chi connectivity index (χ1v) is 9.94. The molecule has 0 heterocycles. The summed E-state index contributed by atoms with van der Waals surface area (Å²) in [7, 11) is 0. The van der Waals surface area contributed by atoms with E-state index < -0.39 is 5.91 Å². The Bertz CT molecular complexity index is 1100. The monoisotopic (exact) mass is 416 g/mol. The fourth-order valence-electron chi connectivity index (χ4n) is 2.76. The Kier molecular flexibility index (Phi) is 7.65. The maximum absolute atomic E-state index is 12.1. The van der Waals surface area contributed by atoms with E-state index in [0.29, 0.717) is 5.56 Å². The number of nitrogens with one attached hydrogen (secondary N) is 1. The maximum Gasteiger partial charge on any atom is 0.271 e. The topological polar surface area (TPSA) is 61.7 Å². The number of amides is 1. The van der Waals surface area contributed by atoms with Crippen molar-refractivity contribution in [3.63, 3.8) is 0 Å². The average Bonchev–Trinajstić information content (AvgIpc) is 2.76. The Morgan fingerprint density at radius 3 is 2.70 bits per heavy atom. The molecule has 4 nitrogen and oxygen atoms in total. The number of rotatable bonds is 6. The summed E-state index contributed by atoms with van der Waals surface area (Å²) >= 11 is 5.82. The molecule has 30 heavy (non-hydrogen) atoms. The molecule has 0 saturated heterocycles. The highest BCUT2D eigenvalue weighted by atomic mass is 35.5. The standard InChI is InChI=1S/C25H21ClN2O2/c26-23-17-22(14-15-24(23)29)25(30)28-27-18-21-13-7-12-20(16-21)11-6-2-5-10-19-8-3-1-4-9-19/h1,3-4,7-9,12-18,29H,2,5,10H2,(H,28,30)/b27-18+. The molecule has 1 amide bonds. The minimum Gasteiger partial charge on any atom is -0.506 e. The van der Waals surface area contributed by atoms with E-state index in [2.05, 4.69) is 46.6 Å². The van der Waals surface area contributed by atoms with Gasteiger partial charge >= 0.3 is 0 Å². The van der Waals surface area contributed by atoms with Crippen LogP contribution in [0.15, 0.2) is 77.9 Å². The van der Waals surface area contributed by atoms with E-state index in [1.165, 1.54) is 23.8 Å². The minimum atomic E-state index is -0.414. The third kappa shape index (κ3) is 6.51. The fourth-order valence-corrected chi connectivity index (χ4v) is 2.95. The van der Waals surface area contributed by atoms with Gasteiger partial charge in [-0.3, -0.25) is 4.79 Å². The average molecular weight is 417 g/mol. The van der Waals surface area contributed by atoms with Gasteiger partial charge in [0.25, 0.3) is 5.91 Å². The third-order valence-electron chi connectivity index (χ3n) is 4.32. The number of carbonyl (C=O) groups is 1. The molecule has 0 fully saturated rings. The van der Waals surface area contributed by atoms with Gasteiger partial charge in [-0.15, -0.1) is 0 Å². The Balaban J connectivity index is 1.51. The van der Waals surface area contributed by atoms with Crippen molar-refractivity contribution in [2.24, 2.45) is 5.10 Å². The van der Waals surface area contributed by atoms with Crippen molar-refractivity contribution >= 4 is 23.7 Å².